The van der Waals surface area contributed by atoms with Crippen LogP contribution in [0.3, 0.4) is 0 Å². The lowest BCUT2D eigenvalue weighted by molar-refractivity contribution is 0.0215. The highest BCUT2D eigenvalue weighted by Crippen LogP contribution is 2.36. The minimum Gasteiger partial charge on any atom is -0.392 e. The van der Waals surface area contributed by atoms with Gasteiger partial charge < -0.3 is 14.4 Å². The first kappa shape index (κ1) is 15.7. The lowest BCUT2D eigenvalue weighted by Gasteiger charge is -2.33. The van der Waals surface area contributed by atoms with Crippen molar-refractivity contribution >= 4 is 0 Å². The summed E-state index contributed by atoms with van der Waals surface area (Å²) in [6, 6.07) is 6.29. The van der Waals surface area contributed by atoms with Gasteiger partial charge in [-0.3, -0.25) is 4.90 Å². The number of aromatic nitrogens is 2. The first-order chi connectivity index (χ1) is 11.7. The molecule has 1 aromatic heterocycles. The summed E-state index contributed by atoms with van der Waals surface area (Å²) in [6.07, 6.45) is 2.09. The third-order valence-electron chi connectivity index (χ3n) is 4.81. The number of aliphatic hydroxyl groups excluding tert-OH is 1. The molecule has 6 nitrogen and oxygen atoms in total. The number of hydrogen-bond acceptors (Lipinski definition) is 6. The number of ether oxygens (including phenoxy) is 1. The van der Waals surface area contributed by atoms with Gasteiger partial charge >= 0.3 is 0 Å². The molecule has 3 heterocycles. The van der Waals surface area contributed by atoms with Crippen molar-refractivity contribution in [2.45, 2.75) is 37.5 Å². The highest BCUT2D eigenvalue weighted by Gasteiger charge is 2.40. The lowest BCUT2D eigenvalue weighted by atomic mass is 10.1. The maximum atomic E-state index is 13.0. The molecule has 0 saturated carbocycles. The summed E-state index contributed by atoms with van der Waals surface area (Å²) >= 11 is 0. The fraction of sp³-hybridized carbons (Fsp3) is 0.529. The Morgan fingerprint density at radius 3 is 2.67 bits per heavy atom. The maximum Gasteiger partial charge on any atom is 0.244 e. The van der Waals surface area contributed by atoms with Gasteiger partial charge in [0.15, 0.2) is 0 Å². The van der Waals surface area contributed by atoms with E-state index in [1.807, 2.05) is 0 Å². The van der Waals surface area contributed by atoms with Crippen molar-refractivity contribution in [1.82, 2.24) is 15.0 Å². The van der Waals surface area contributed by atoms with Crippen LogP contribution in [0.1, 0.15) is 31.2 Å². The highest BCUT2D eigenvalue weighted by atomic mass is 19.1. The van der Waals surface area contributed by atoms with Crippen molar-refractivity contribution in [2.75, 3.05) is 19.8 Å². The molecule has 0 spiro atoms. The van der Waals surface area contributed by atoms with Crippen LogP contribution < -0.4 is 0 Å². The van der Waals surface area contributed by atoms with Crippen LogP contribution in [0.2, 0.25) is 0 Å². The molecule has 2 atom stereocenters. The van der Waals surface area contributed by atoms with E-state index in [-0.39, 0.29) is 18.0 Å². The lowest BCUT2D eigenvalue weighted by Crippen LogP contribution is -2.39. The number of rotatable bonds is 3. The Labute approximate surface area is 139 Å². The quantitative estimate of drug-likeness (QED) is 0.928. The fourth-order valence-corrected chi connectivity index (χ4v) is 3.59. The fourth-order valence-electron chi connectivity index (χ4n) is 3.59. The van der Waals surface area contributed by atoms with E-state index in [0.29, 0.717) is 36.3 Å². The van der Waals surface area contributed by atoms with Gasteiger partial charge in [-0.05, 0) is 43.5 Å². The first-order valence-electron chi connectivity index (χ1n) is 8.32. The normalized spacial score (nSPS) is 26.1. The van der Waals surface area contributed by atoms with Crippen LogP contribution in [0.15, 0.2) is 28.8 Å². The van der Waals surface area contributed by atoms with E-state index in [2.05, 4.69) is 15.0 Å². The van der Waals surface area contributed by atoms with E-state index in [1.54, 1.807) is 12.1 Å². The molecule has 128 valence electrons. The van der Waals surface area contributed by atoms with Crippen molar-refractivity contribution in [2.24, 2.45) is 0 Å². The molecular weight excluding hydrogens is 313 g/mol. The number of likely N-dealkylation sites (tertiary alicyclic amines) is 1. The Balaban J connectivity index is 1.56. The van der Waals surface area contributed by atoms with Crippen LogP contribution in [-0.2, 0) is 4.74 Å². The topological polar surface area (TPSA) is 71.6 Å². The Morgan fingerprint density at radius 2 is 1.92 bits per heavy atom. The Morgan fingerprint density at radius 1 is 1.17 bits per heavy atom. The van der Waals surface area contributed by atoms with Crippen LogP contribution in [0.5, 0.6) is 0 Å². The Hall–Kier alpha value is -1.83. The van der Waals surface area contributed by atoms with E-state index >= 15 is 0 Å². The molecule has 2 aromatic rings. The third kappa shape index (κ3) is 3.07. The summed E-state index contributed by atoms with van der Waals surface area (Å²) in [5, 5.41) is 14.1. The number of aliphatic hydroxyl groups is 1. The molecule has 1 N–H and O–H groups in total. The van der Waals surface area contributed by atoms with Gasteiger partial charge in [-0.25, -0.2) is 4.39 Å². The molecule has 2 fully saturated rings. The summed E-state index contributed by atoms with van der Waals surface area (Å²) < 4.78 is 23.9. The zero-order chi connectivity index (χ0) is 16.5. The number of nitrogens with zero attached hydrogens (tertiary/aromatic N) is 3. The van der Waals surface area contributed by atoms with Gasteiger partial charge in [-0.2, -0.15) is 4.98 Å². The average Bonchev–Trinajstić information content (AvgIpc) is 3.23. The molecule has 0 amide bonds. The molecule has 7 heteroatoms. The van der Waals surface area contributed by atoms with Gasteiger partial charge in [0.2, 0.25) is 11.7 Å². The van der Waals surface area contributed by atoms with Crippen LogP contribution >= 0.6 is 0 Å². The van der Waals surface area contributed by atoms with Gasteiger partial charge in [-0.15, -0.1) is 0 Å². The molecule has 2 saturated heterocycles. The SMILES string of the molecule is OC1CC(c2nc(-c3ccc(F)cc3)no2)N(C2CCOCC2)C1. The molecule has 4 rings (SSSR count). The summed E-state index contributed by atoms with van der Waals surface area (Å²) in [6.45, 7) is 2.10. The largest absolute Gasteiger partial charge is 0.392 e. The van der Waals surface area contributed by atoms with E-state index < -0.39 is 0 Å². The summed E-state index contributed by atoms with van der Waals surface area (Å²) in [7, 11) is 0. The number of β-amino-alcohol motifs (C(OH)–C–C–N with tert-alkyl or cyclic N) is 1. The highest BCUT2D eigenvalue weighted by molar-refractivity contribution is 5.53. The van der Waals surface area contributed by atoms with Crippen LogP contribution in [0.25, 0.3) is 11.4 Å². The van der Waals surface area contributed by atoms with Crippen molar-refractivity contribution in [3.05, 3.63) is 36.0 Å². The van der Waals surface area contributed by atoms with Gasteiger partial charge in [0.05, 0.1) is 12.1 Å². The monoisotopic (exact) mass is 333 g/mol. The Kier molecular flexibility index (Phi) is 4.30. The van der Waals surface area contributed by atoms with Crippen molar-refractivity contribution in [3.63, 3.8) is 0 Å². The number of halogens is 1. The number of benzene rings is 1. The third-order valence-corrected chi connectivity index (χ3v) is 4.81. The molecule has 2 unspecified atom stereocenters. The van der Waals surface area contributed by atoms with Crippen LogP contribution in [0, 0.1) is 5.82 Å². The predicted molar refractivity (Wildman–Crippen MR) is 83.6 cm³/mol. The van der Waals surface area contributed by atoms with Crippen molar-refractivity contribution in [3.8, 4) is 11.4 Å². The van der Waals surface area contributed by atoms with Gasteiger partial charge in [0.1, 0.15) is 5.82 Å². The van der Waals surface area contributed by atoms with E-state index in [4.69, 9.17) is 9.26 Å². The van der Waals surface area contributed by atoms with Crippen LogP contribution in [-0.4, -0.2) is 52.1 Å². The minimum atomic E-state index is -0.390. The van der Waals surface area contributed by atoms with Crippen LogP contribution in [0.4, 0.5) is 4.39 Å². The molecule has 0 radical (unpaired) electrons. The second-order valence-electron chi connectivity index (χ2n) is 6.41. The molecule has 0 bridgehead atoms. The molecule has 2 aliphatic heterocycles. The van der Waals surface area contributed by atoms with Crippen molar-refractivity contribution in [1.29, 1.82) is 0 Å². The molecule has 0 aliphatic carbocycles. The summed E-state index contributed by atoms with van der Waals surface area (Å²) in [5.41, 5.74) is 0.711. The Bertz CT molecular complexity index is 685. The summed E-state index contributed by atoms with van der Waals surface area (Å²) in [5.74, 6) is 0.655. The predicted octanol–water partition coefficient (Wildman–Crippen LogP) is 2.16. The molecular formula is C17H20FN3O3. The minimum absolute atomic E-state index is 0.0789. The van der Waals surface area contributed by atoms with Gasteiger partial charge in [0, 0.05) is 31.4 Å². The van der Waals surface area contributed by atoms with E-state index in [0.717, 1.165) is 26.1 Å². The van der Waals surface area contributed by atoms with Gasteiger partial charge in [-0.1, -0.05) is 5.16 Å². The smallest absolute Gasteiger partial charge is 0.244 e. The average molecular weight is 333 g/mol. The second-order valence-corrected chi connectivity index (χ2v) is 6.41. The molecule has 24 heavy (non-hydrogen) atoms. The standard InChI is InChI=1S/C17H20FN3O3/c18-12-3-1-11(2-4-12)16-19-17(24-20-16)15-9-14(22)10-21(15)13-5-7-23-8-6-13/h1-4,13-15,22H,5-10H2. The number of hydrogen-bond donors (Lipinski definition) is 1. The molecule has 2 aliphatic rings. The van der Waals surface area contributed by atoms with E-state index in [1.165, 1.54) is 12.1 Å². The summed E-state index contributed by atoms with van der Waals surface area (Å²) in [4.78, 5) is 6.75. The maximum absolute atomic E-state index is 13.0. The zero-order valence-corrected chi connectivity index (χ0v) is 13.3. The zero-order valence-electron chi connectivity index (χ0n) is 13.3. The second kappa shape index (κ2) is 6.58. The van der Waals surface area contributed by atoms with Gasteiger partial charge in [0.25, 0.3) is 0 Å². The molecule has 1 aromatic carbocycles. The van der Waals surface area contributed by atoms with Crippen molar-refractivity contribution < 1.29 is 18.8 Å². The van der Waals surface area contributed by atoms with E-state index in [9.17, 15) is 9.50 Å². The first-order valence-corrected chi connectivity index (χ1v) is 8.32.